The average molecular weight is 1370 g/mol. The van der Waals surface area contributed by atoms with Gasteiger partial charge in [-0.2, -0.15) is 0 Å². The van der Waals surface area contributed by atoms with Crippen LogP contribution in [-0.2, 0) is 21.7 Å². The lowest BCUT2D eigenvalue weighted by Crippen LogP contribution is -2.61. The molecule has 3 aliphatic rings. The fourth-order valence-corrected chi connectivity index (χ4v) is 18.0. The van der Waals surface area contributed by atoms with E-state index in [1.54, 1.807) is 0 Å². The lowest BCUT2D eigenvalue weighted by Gasteiger charge is -2.47. The molecular formula is C103H84BN3. The Bertz CT molecular complexity index is 6000. The predicted octanol–water partition coefficient (Wildman–Crippen LogP) is 25.5. The second-order valence-electron chi connectivity index (χ2n) is 32.8. The van der Waals surface area contributed by atoms with Crippen LogP contribution in [0.4, 0.5) is 34.1 Å². The Morgan fingerprint density at radius 3 is 1.17 bits per heavy atom. The van der Waals surface area contributed by atoms with Crippen LogP contribution < -0.4 is 26.2 Å². The molecule has 15 aromatic carbocycles. The van der Waals surface area contributed by atoms with Gasteiger partial charge in [0, 0.05) is 61.5 Å². The molecule has 0 saturated carbocycles. The summed E-state index contributed by atoms with van der Waals surface area (Å²) in [5.41, 5.74) is 35.8. The Balaban J connectivity index is 0.980. The molecule has 19 rings (SSSR count). The van der Waals surface area contributed by atoms with E-state index >= 15 is 0 Å². The Morgan fingerprint density at radius 1 is 0.262 bits per heavy atom. The van der Waals surface area contributed by atoms with E-state index in [0.29, 0.717) is 0 Å². The molecule has 1 aliphatic carbocycles. The van der Waals surface area contributed by atoms with E-state index in [2.05, 4.69) is 422 Å². The Hall–Kier alpha value is -12.2. The van der Waals surface area contributed by atoms with Gasteiger partial charge in [-0.15, -0.1) is 0 Å². The van der Waals surface area contributed by atoms with Gasteiger partial charge >= 0.3 is 0 Å². The van der Waals surface area contributed by atoms with Gasteiger partial charge in [0.15, 0.2) is 0 Å². The number of aromatic nitrogens is 1. The lowest BCUT2D eigenvalue weighted by atomic mass is 9.33. The summed E-state index contributed by atoms with van der Waals surface area (Å²) in [7, 11) is 0. The highest BCUT2D eigenvalue weighted by molar-refractivity contribution is 7.00. The molecule has 0 unspecified atom stereocenters. The van der Waals surface area contributed by atoms with Crippen molar-refractivity contribution in [3.63, 3.8) is 0 Å². The van der Waals surface area contributed by atoms with Crippen molar-refractivity contribution in [2.75, 3.05) is 9.80 Å². The van der Waals surface area contributed by atoms with E-state index < -0.39 is 5.41 Å². The molecular weight excluding hydrogens is 1290 g/mol. The summed E-state index contributed by atoms with van der Waals surface area (Å²) in [5.74, 6) is 0. The van der Waals surface area contributed by atoms with E-state index in [1.165, 1.54) is 127 Å². The summed E-state index contributed by atoms with van der Waals surface area (Å²) in [6, 6.07) is 132. The first kappa shape index (κ1) is 65.5. The van der Waals surface area contributed by atoms with Crippen LogP contribution in [0, 0.1) is 0 Å². The van der Waals surface area contributed by atoms with Gasteiger partial charge in [-0.25, -0.2) is 0 Å². The molecule has 0 fully saturated rings. The van der Waals surface area contributed by atoms with Crippen LogP contribution in [0.5, 0.6) is 0 Å². The summed E-state index contributed by atoms with van der Waals surface area (Å²) in [4.78, 5) is 5.46. The predicted molar refractivity (Wildman–Crippen MR) is 455 cm³/mol. The molecule has 0 N–H and O–H groups in total. The van der Waals surface area contributed by atoms with Crippen LogP contribution in [0.15, 0.2) is 346 Å². The highest BCUT2D eigenvalue weighted by atomic mass is 15.2. The molecule has 0 saturated heterocycles. The summed E-state index contributed by atoms with van der Waals surface area (Å²) < 4.78 is 2.60. The number of benzene rings is 15. The number of hydrogen-bond acceptors (Lipinski definition) is 2. The van der Waals surface area contributed by atoms with Crippen molar-refractivity contribution in [3.8, 4) is 72.4 Å². The van der Waals surface area contributed by atoms with E-state index in [4.69, 9.17) is 0 Å². The molecule has 107 heavy (non-hydrogen) atoms. The molecule has 0 bridgehead atoms. The second-order valence-corrected chi connectivity index (χ2v) is 32.8. The minimum absolute atomic E-state index is 0.176. The van der Waals surface area contributed by atoms with E-state index in [9.17, 15) is 0 Å². The molecule has 0 amide bonds. The van der Waals surface area contributed by atoms with Crippen molar-refractivity contribution < 1.29 is 0 Å². The number of anilines is 6. The largest absolute Gasteiger partial charge is 0.310 e. The standard InChI is InChI=1S/C103H84BN3/c1-100(2,3)75-58-81(68-37-19-11-20-38-68)98(82(59-75)69-39-21-12-22-40-69)106-92-56-53-72(67-35-17-10-18-36-67)57-90(92)104-89-55-54-78(105-91-52-34-32-50-80(91)86-65-85-79-49-31-33-51-87(79)103(88(85)66-93(86)105,73-45-27-15-28-46-73)74-47-29-16-30-48-74)64-94(89)107(96-63-77(102(7,8)9)62-95(106)97(96)104)99-83(70-41-23-13-24-42-70)60-76(101(4,5)6)61-84(99)71-43-25-14-26-44-71/h10-66H,1-9H3. The zero-order valence-electron chi connectivity index (χ0n) is 62.3. The van der Waals surface area contributed by atoms with Gasteiger partial charge in [-0.1, -0.05) is 335 Å². The fraction of sp³-hybridized carbons (Fsp3) is 0.126. The third-order valence-electron chi connectivity index (χ3n) is 23.3. The topological polar surface area (TPSA) is 11.4 Å². The van der Waals surface area contributed by atoms with Crippen molar-refractivity contribution in [1.82, 2.24) is 4.57 Å². The summed E-state index contributed by atoms with van der Waals surface area (Å²) in [5, 5.41) is 2.43. The fourth-order valence-electron chi connectivity index (χ4n) is 18.0. The number of hydrogen-bond donors (Lipinski definition) is 0. The van der Waals surface area contributed by atoms with Crippen LogP contribution in [-0.4, -0.2) is 11.3 Å². The van der Waals surface area contributed by atoms with Gasteiger partial charge in [0.05, 0.1) is 27.8 Å². The van der Waals surface area contributed by atoms with Crippen molar-refractivity contribution in [3.05, 3.63) is 385 Å². The van der Waals surface area contributed by atoms with Crippen molar-refractivity contribution >= 4 is 79.0 Å². The first-order valence-electron chi connectivity index (χ1n) is 38.0. The van der Waals surface area contributed by atoms with Gasteiger partial charge < -0.3 is 14.4 Å². The maximum absolute atomic E-state index is 2.75. The molecule has 0 radical (unpaired) electrons. The third-order valence-corrected chi connectivity index (χ3v) is 23.3. The van der Waals surface area contributed by atoms with Gasteiger partial charge in [-0.3, -0.25) is 0 Å². The smallest absolute Gasteiger partial charge is 0.252 e. The number of para-hydroxylation sites is 1. The summed E-state index contributed by atoms with van der Waals surface area (Å²) in [6.45, 7) is 21.1. The summed E-state index contributed by atoms with van der Waals surface area (Å²) in [6.07, 6.45) is 0. The molecule has 514 valence electrons. The molecule has 3 nitrogen and oxygen atoms in total. The van der Waals surface area contributed by atoms with Crippen LogP contribution >= 0.6 is 0 Å². The van der Waals surface area contributed by atoms with Crippen LogP contribution in [0.3, 0.4) is 0 Å². The van der Waals surface area contributed by atoms with Crippen molar-refractivity contribution in [1.29, 1.82) is 0 Å². The van der Waals surface area contributed by atoms with Crippen molar-refractivity contribution in [2.45, 2.75) is 84.0 Å². The minimum atomic E-state index is -0.608. The zero-order valence-corrected chi connectivity index (χ0v) is 62.3. The normalized spacial score (nSPS) is 13.5. The number of fused-ring (bicyclic) bond motifs is 10. The monoisotopic (exact) mass is 1370 g/mol. The van der Waals surface area contributed by atoms with Crippen LogP contribution in [0.1, 0.15) is 101 Å². The first-order valence-corrected chi connectivity index (χ1v) is 38.0. The third kappa shape index (κ3) is 10.5. The second kappa shape index (κ2) is 25.0. The Kier molecular flexibility index (Phi) is 15.3. The highest BCUT2D eigenvalue weighted by Crippen LogP contribution is 2.59. The van der Waals surface area contributed by atoms with Crippen molar-refractivity contribution in [2.24, 2.45) is 0 Å². The molecule has 2 aliphatic heterocycles. The summed E-state index contributed by atoms with van der Waals surface area (Å²) >= 11 is 0. The Morgan fingerprint density at radius 2 is 0.682 bits per heavy atom. The molecule has 4 heteroatoms. The highest BCUT2D eigenvalue weighted by Gasteiger charge is 2.49. The van der Waals surface area contributed by atoms with Gasteiger partial charge in [0.2, 0.25) is 0 Å². The van der Waals surface area contributed by atoms with E-state index in [0.717, 1.165) is 56.3 Å². The molecule has 0 atom stereocenters. The maximum Gasteiger partial charge on any atom is 0.252 e. The zero-order chi connectivity index (χ0) is 72.7. The maximum atomic E-state index is 2.75. The van der Waals surface area contributed by atoms with Crippen LogP contribution in [0.2, 0.25) is 0 Å². The molecule has 3 heterocycles. The SMILES string of the molecule is CC(C)(C)c1cc(-c2ccccc2)c(N2c3ccc(-c4ccccc4)cc3B3c4ccc(-n5c6ccccc6c6cc7c(cc65)C(c5ccccc5)(c5ccccc5)c5ccccc5-7)cc4N(c4c(-c5ccccc5)cc(C(C)(C)C)cc4-c4ccccc4)c4cc(C(C)(C)C)cc2c43)c(-c2ccccc2)c1. The van der Waals surface area contributed by atoms with Gasteiger partial charge in [0.25, 0.3) is 6.71 Å². The van der Waals surface area contributed by atoms with Crippen LogP contribution in [0.25, 0.3) is 94.3 Å². The van der Waals surface area contributed by atoms with Gasteiger partial charge in [-0.05, 0) is 189 Å². The number of rotatable bonds is 10. The molecule has 16 aromatic rings. The minimum Gasteiger partial charge on any atom is -0.310 e. The molecule has 0 spiro atoms. The Labute approximate surface area is 630 Å². The van der Waals surface area contributed by atoms with Gasteiger partial charge in [0.1, 0.15) is 0 Å². The average Bonchev–Trinajstić information content (AvgIpc) is 1.58. The number of nitrogens with zero attached hydrogens (tertiary/aromatic N) is 3. The van der Waals surface area contributed by atoms with E-state index in [-0.39, 0.29) is 23.0 Å². The quantitative estimate of drug-likeness (QED) is 0.126. The first-order chi connectivity index (χ1) is 52.0. The molecule has 1 aromatic heterocycles. The lowest BCUT2D eigenvalue weighted by molar-refractivity contribution is 0.590. The van der Waals surface area contributed by atoms with E-state index in [1.807, 2.05) is 0 Å².